The molecule has 0 aliphatic heterocycles. The highest BCUT2D eigenvalue weighted by atomic mass is 19.4. The highest BCUT2D eigenvalue weighted by molar-refractivity contribution is 5.87. The van der Waals surface area contributed by atoms with Crippen LogP contribution in [0.25, 0.3) is 17.0 Å². The Morgan fingerprint density at radius 2 is 1.83 bits per heavy atom. The van der Waals surface area contributed by atoms with Crippen molar-refractivity contribution in [2.45, 2.75) is 12.8 Å². The molecule has 2 aromatic carbocycles. The predicted molar refractivity (Wildman–Crippen MR) is 99.3 cm³/mol. The molecule has 0 saturated carbocycles. The summed E-state index contributed by atoms with van der Waals surface area (Å²) in [6.07, 6.45) is -1.99. The number of hydrogen-bond acceptors (Lipinski definition) is 5. The Kier molecular flexibility index (Phi) is 5.72. The minimum atomic E-state index is -4.42. The van der Waals surface area contributed by atoms with Crippen LogP contribution in [0, 0.1) is 0 Å². The van der Waals surface area contributed by atoms with Gasteiger partial charge >= 0.3 is 17.8 Å². The monoisotopic (exact) mass is 404 g/mol. The SMILES string of the molecule is COc1ccc2c(COC(=O)/C=C/c3ccc(C(F)(F)F)cc3)cc(=O)oc2c1. The van der Waals surface area contributed by atoms with Crippen molar-refractivity contribution in [2.75, 3.05) is 7.11 Å². The van der Waals surface area contributed by atoms with Crippen molar-refractivity contribution in [3.8, 4) is 5.75 Å². The van der Waals surface area contributed by atoms with Crippen LogP contribution in [-0.4, -0.2) is 13.1 Å². The summed E-state index contributed by atoms with van der Waals surface area (Å²) in [6, 6.07) is 10.5. The number of ether oxygens (including phenoxy) is 2. The fourth-order valence-corrected chi connectivity index (χ4v) is 2.60. The second-order valence-corrected chi connectivity index (χ2v) is 6.01. The van der Waals surface area contributed by atoms with Gasteiger partial charge in [-0.1, -0.05) is 12.1 Å². The minimum absolute atomic E-state index is 0.176. The number of carbonyl (C=O) groups excluding carboxylic acids is 1. The number of esters is 1. The number of rotatable bonds is 5. The van der Waals surface area contributed by atoms with Crippen LogP contribution in [-0.2, 0) is 22.3 Å². The van der Waals surface area contributed by atoms with Crippen molar-refractivity contribution in [3.05, 3.63) is 81.7 Å². The zero-order chi connectivity index (χ0) is 21.0. The Morgan fingerprint density at radius 3 is 2.48 bits per heavy atom. The number of fused-ring (bicyclic) bond motifs is 1. The van der Waals surface area contributed by atoms with E-state index in [2.05, 4.69) is 0 Å². The molecule has 29 heavy (non-hydrogen) atoms. The van der Waals surface area contributed by atoms with Crippen molar-refractivity contribution < 1.29 is 31.9 Å². The van der Waals surface area contributed by atoms with Gasteiger partial charge in [0.25, 0.3) is 0 Å². The molecule has 0 aliphatic carbocycles. The van der Waals surface area contributed by atoms with Gasteiger partial charge in [-0.15, -0.1) is 0 Å². The fourth-order valence-electron chi connectivity index (χ4n) is 2.60. The summed E-state index contributed by atoms with van der Waals surface area (Å²) in [7, 11) is 1.48. The third kappa shape index (κ3) is 5.04. The molecule has 0 atom stereocenters. The molecule has 3 rings (SSSR count). The van der Waals surface area contributed by atoms with Crippen LogP contribution in [0.1, 0.15) is 16.7 Å². The summed E-state index contributed by atoms with van der Waals surface area (Å²) in [6.45, 7) is -0.176. The van der Waals surface area contributed by atoms with Gasteiger partial charge in [0.15, 0.2) is 0 Å². The molecule has 0 amide bonds. The maximum Gasteiger partial charge on any atom is 0.416 e. The summed E-state index contributed by atoms with van der Waals surface area (Å²) in [4.78, 5) is 23.6. The van der Waals surface area contributed by atoms with Gasteiger partial charge in [0.05, 0.1) is 12.7 Å². The second kappa shape index (κ2) is 8.22. The van der Waals surface area contributed by atoms with Gasteiger partial charge in [-0.3, -0.25) is 0 Å². The first-order chi connectivity index (χ1) is 13.8. The Balaban J connectivity index is 1.69. The van der Waals surface area contributed by atoms with Crippen molar-refractivity contribution >= 4 is 23.0 Å². The average molecular weight is 404 g/mol. The quantitative estimate of drug-likeness (QED) is 0.354. The molecule has 0 bridgehead atoms. The molecule has 1 aromatic heterocycles. The Labute approximate surface area is 163 Å². The zero-order valence-electron chi connectivity index (χ0n) is 15.2. The van der Waals surface area contributed by atoms with E-state index in [9.17, 15) is 22.8 Å². The van der Waals surface area contributed by atoms with E-state index in [-0.39, 0.29) is 6.61 Å². The molecule has 0 saturated heterocycles. The molecule has 5 nitrogen and oxygen atoms in total. The lowest BCUT2D eigenvalue weighted by atomic mass is 10.1. The molecule has 0 radical (unpaired) electrons. The molecular formula is C21H15F3O5. The normalized spacial score (nSPS) is 11.7. The lowest BCUT2D eigenvalue weighted by molar-refractivity contribution is -0.139. The van der Waals surface area contributed by atoms with E-state index in [1.54, 1.807) is 18.2 Å². The first-order valence-electron chi connectivity index (χ1n) is 8.39. The second-order valence-electron chi connectivity index (χ2n) is 6.01. The summed E-state index contributed by atoms with van der Waals surface area (Å²) in [5.41, 5.74) is -0.216. The van der Waals surface area contributed by atoms with Crippen LogP contribution in [0.5, 0.6) is 5.75 Å². The van der Waals surface area contributed by atoms with E-state index in [1.165, 1.54) is 31.4 Å². The molecule has 0 aliphatic rings. The molecule has 1 heterocycles. The number of methoxy groups -OCH3 is 1. The lowest BCUT2D eigenvalue weighted by Gasteiger charge is -2.07. The maximum absolute atomic E-state index is 12.5. The smallest absolute Gasteiger partial charge is 0.416 e. The summed E-state index contributed by atoms with van der Waals surface area (Å²) >= 11 is 0. The van der Waals surface area contributed by atoms with Crippen LogP contribution in [0.2, 0.25) is 0 Å². The number of hydrogen-bond donors (Lipinski definition) is 0. The molecular weight excluding hydrogens is 389 g/mol. The average Bonchev–Trinajstić information content (AvgIpc) is 2.69. The summed E-state index contributed by atoms with van der Waals surface area (Å²) in [5, 5.41) is 0.588. The lowest BCUT2D eigenvalue weighted by Crippen LogP contribution is -2.06. The van der Waals surface area contributed by atoms with Crippen molar-refractivity contribution in [2.24, 2.45) is 0 Å². The van der Waals surface area contributed by atoms with Gasteiger partial charge in [-0.05, 0) is 35.9 Å². The zero-order valence-corrected chi connectivity index (χ0v) is 15.2. The highest BCUT2D eigenvalue weighted by Gasteiger charge is 2.29. The number of benzene rings is 2. The van der Waals surface area contributed by atoms with Gasteiger partial charge in [0.1, 0.15) is 17.9 Å². The third-order valence-corrected chi connectivity index (χ3v) is 4.06. The predicted octanol–water partition coefficient (Wildman–Crippen LogP) is 4.58. The molecule has 0 spiro atoms. The van der Waals surface area contributed by atoms with Gasteiger partial charge < -0.3 is 13.9 Å². The molecule has 0 fully saturated rings. The standard InChI is InChI=1S/C21H15F3O5/c1-27-16-7-8-17-14(10-20(26)29-18(17)11-16)12-28-19(25)9-4-13-2-5-15(6-3-13)21(22,23)24/h2-11H,12H2,1H3/b9-4+. The number of halogens is 3. The van der Waals surface area contributed by atoms with Crippen LogP contribution in [0.15, 0.2) is 63.8 Å². The van der Waals surface area contributed by atoms with E-state index in [0.717, 1.165) is 18.2 Å². The van der Waals surface area contributed by atoms with Crippen LogP contribution in [0.3, 0.4) is 0 Å². The molecule has 8 heteroatoms. The van der Waals surface area contributed by atoms with Gasteiger partial charge in [0.2, 0.25) is 0 Å². The van der Waals surface area contributed by atoms with Gasteiger partial charge in [-0.2, -0.15) is 13.2 Å². The molecule has 0 unspecified atom stereocenters. The van der Waals surface area contributed by atoms with Gasteiger partial charge in [-0.25, -0.2) is 9.59 Å². The minimum Gasteiger partial charge on any atom is -0.497 e. The Morgan fingerprint density at radius 1 is 1.10 bits per heavy atom. The summed E-state index contributed by atoms with van der Waals surface area (Å²) < 4.78 is 53.0. The van der Waals surface area contributed by atoms with E-state index < -0.39 is 23.3 Å². The van der Waals surface area contributed by atoms with Crippen molar-refractivity contribution in [1.82, 2.24) is 0 Å². The summed E-state index contributed by atoms with van der Waals surface area (Å²) in [5.74, 6) is -0.200. The van der Waals surface area contributed by atoms with Crippen LogP contribution < -0.4 is 10.4 Å². The Bertz CT molecular complexity index is 1110. The van der Waals surface area contributed by atoms with E-state index in [0.29, 0.717) is 27.8 Å². The highest BCUT2D eigenvalue weighted by Crippen LogP contribution is 2.29. The van der Waals surface area contributed by atoms with E-state index in [1.807, 2.05) is 0 Å². The van der Waals surface area contributed by atoms with Crippen molar-refractivity contribution in [3.63, 3.8) is 0 Å². The van der Waals surface area contributed by atoms with Crippen LogP contribution in [0.4, 0.5) is 13.2 Å². The largest absolute Gasteiger partial charge is 0.497 e. The fraction of sp³-hybridized carbons (Fsp3) is 0.143. The molecule has 0 N–H and O–H groups in total. The molecule has 3 aromatic rings. The maximum atomic E-state index is 12.5. The first kappa shape index (κ1) is 20.2. The van der Waals surface area contributed by atoms with E-state index in [4.69, 9.17) is 13.9 Å². The third-order valence-electron chi connectivity index (χ3n) is 4.06. The van der Waals surface area contributed by atoms with E-state index >= 15 is 0 Å². The van der Waals surface area contributed by atoms with Crippen molar-refractivity contribution in [1.29, 1.82) is 0 Å². The Hall–Kier alpha value is -3.55. The van der Waals surface area contributed by atoms with Gasteiger partial charge in [0, 0.05) is 29.2 Å². The topological polar surface area (TPSA) is 65.7 Å². The van der Waals surface area contributed by atoms with Crippen LogP contribution >= 0.6 is 0 Å². The number of carbonyl (C=O) groups is 1. The molecule has 150 valence electrons. The first-order valence-corrected chi connectivity index (χ1v) is 8.39. The number of alkyl halides is 3.